The number of phosphoric acid groups is 1. The van der Waals surface area contributed by atoms with E-state index in [0.29, 0.717) is 0 Å². The Balaban J connectivity index is 0. The van der Waals surface area contributed by atoms with Crippen LogP contribution in [0.3, 0.4) is 0 Å². The number of rotatable bonds is 0. The molecule has 0 unspecified atom stereocenters. The predicted octanol–water partition coefficient (Wildman–Crippen LogP) is -3.29. The Labute approximate surface area is 61.3 Å². The molecule has 0 heterocycles. The summed E-state index contributed by atoms with van der Waals surface area (Å²) >= 11 is -3.25. The van der Waals surface area contributed by atoms with E-state index in [9.17, 15) is 0 Å². The molecule has 11 N–H and O–H groups in total. The molecule has 0 aliphatic heterocycles. The first-order chi connectivity index (χ1) is 4.00. The second kappa shape index (κ2) is 4.45. The molecule has 10 heavy (non-hydrogen) atoms. The summed E-state index contributed by atoms with van der Waals surface area (Å²) in [5, 5.41) is 0. The third kappa shape index (κ3) is 1500. The van der Waals surface area contributed by atoms with Crippen LogP contribution < -0.4 is 17.9 Å². The molecule has 0 atom stereocenters. The number of hydrogen-bond donors (Lipinski definition) is 7. The zero-order valence-electron chi connectivity index (χ0n) is 5.21. The van der Waals surface area contributed by atoms with Crippen LogP contribution in [0.2, 0.25) is 0 Å². The molecule has 0 radical (unpaired) electrons. The van der Waals surface area contributed by atoms with Gasteiger partial charge in [0.15, 0.2) is 0 Å². The molecule has 0 fully saturated rings. The Bertz CT molecular complexity index is 109. The predicted molar refractivity (Wildman–Crippen MR) is 31.0 cm³/mol. The minimum absolute atomic E-state index is 3.25. The molecule has 0 amide bonds. The first kappa shape index (κ1) is 13.2. The van der Waals surface area contributed by atoms with E-state index in [2.05, 4.69) is 0 Å². The summed E-state index contributed by atoms with van der Waals surface area (Å²) in [5.41, 5.74) is 0. The summed E-state index contributed by atoms with van der Waals surface area (Å²) in [6.45, 7) is 0. The van der Waals surface area contributed by atoms with Crippen molar-refractivity contribution in [3.8, 4) is 0 Å². The van der Waals surface area contributed by atoms with Crippen LogP contribution >= 0.6 is 7.82 Å². The van der Waals surface area contributed by atoms with Crippen LogP contribution in [0.5, 0.6) is 0 Å². The van der Waals surface area contributed by atoms with Gasteiger partial charge in [0, 0.05) is 0 Å². The van der Waals surface area contributed by atoms with Gasteiger partial charge in [-0.3, -0.25) is 0 Å². The molecule has 0 aliphatic rings. The van der Waals surface area contributed by atoms with Gasteiger partial charge in [0.05, 0.1) is 0 Å². The fraction of sp³-hybridized carbons (Fsp3) is 0. The molecular weight excluding hydrogens is 216 g/mol. The van der Waals surface area contributed by atoms with Gasteiger partial charge in [-0.15, -0.1) is 0 Å². The van der Waals surface area contributed by atoms with Crippen molar-refractivity contribution in [2.24, 2.45) is 17.9 Å². The number of hydrogen-bond acceptors (Lipinski definition) is 5. The van der Waals surface area contributed by atoms with E-state index in [-0.39, 0.29) is 0 Å². The maximum absolute atomic E-state index is 8.88. The van der Waals surface area contributed by atoms with Crippen LogP contribution in [-0.2, 0) is 20.3 Å². The van der Waals surface area contributed by atoms with Crippen molar-refractivity contribution in [3.63, 3.8) is 0 Å². The van der Waals surface area contributed by atoms with E-state index in [1.54, 1.807) is 0 Å². The van der Waals surface area contributed by atoms with Gasteiger partial charge in [0.1, 0.15) is 0 Å². The van der Waals surface area contributed by atoms with E-state index in [0.717, 1.165) is 0 Å². The van der Waals surface area contributed by atoms with Crippen molar-refractivity contribution in [1.82, 2.24) is 0 Å². The summed E-state index contributed by atoms with van der Waals surface area (Å²) in [6, 6.07) is 0. The molecule has 0 aromatic rings. The molecule has 62 valence electrons. The summed E-state index contributed by atoms with van der Waals surface area (Å²) in [4.78, 5) is 21.6. The second-order valence-corrected chi connectivity index (χ2v) is 8.89. The van der Waals surface area contributed by atoms with Crippen LogP contribution in [0, 0.1) is 0 Å². The van der Waals surface area contributed by atoms with E-state index in [1.807, 2.05) is 0 Å². The molecule has 0 bridgehead atoms. The van der Waals surface area contributed by atoms with Gasteiger partial charge in [-0.2, -0.15) is 0 Å². The summed E-state index contributed by atoms with van der Waals surface area (Å²) in [7, 11) is -4.64. The van der Waals surface area contributed by atoms with Gasteiger partial charge in [-0.1, -0.05) is 0 Å². The van der Waals surface area contributed by atoms with Crippen LogP contribution in [-0.4, -0.2) is 14.7 Å². The standard InChI is InChI=1S/4H2N.H3O4P.Zn/c;;;;1-5(2,3)4;/h4*1H2;(H3,1,2,3,4);/q4*-1;;+4. The van der Waals surface area contributed by atoms with Crippen molar-refractivity contribution in [3.05, 3.63) is 0 Å². The fourth-order valence-corrected chi connectivity index (χ4v) is 0. The van der Waals surface area contributed by atoms with Crippen molar-refractivity contribution in [2.45, 2.75) is 0 Å². The summed E-state index contributed by atoms with van der Waals surface area (Å²) < 4.78 is 28.5. The van der Waals surface area contributed by atoms with Crippen molar-refractivity contribution < 1.29 is 35.0 Å². The van der Waals surface area contributed by atoms with Gasteiger partial charge >= 0.3 is 41.5 Å². The van der Waals surface area contributed by atoms with Crippen molar-refractivity contribution in [1.29, 1.82) is 0 Å². The number of nitrogens with two attached hydrogens (primary N) is 4. The zero-order valence-corrected chi connectivity index (χ0v) is 9.08. The first-order valence-electron chi connectivity index (χ1n) is 2.42. The Morgan fingerprint density at radius 3 is 1.00 bits per heavy atom. The summed E-state index contributed by atoms with van der Waals surface area (Å²) in [6.07, 6.45) is 0. The van der Waals surface area contributed by atoms with Crippen LogP contribution in [0.25, 0.3) is 0 Å². The quantitative estimate of drug-likeness (QED) is 0.166. The third-order valence-corrected chi connectivity index (χ3v) is 0. The molecule has 0 aromatic carbocycles. The Kier molecular flexibility index (Phi) is 5.87. The van der Waals surface area contributed by atoms with Gasteiger partial charge in [0.2, 0.25) is 0 Å². The topological polar surface area (TPSA) is 182 Å². The molecule has 0 aliphatic carbocycles. The zero-order chi connectivity index (χ0) is 9.00. The Morgan fingerprint density at radius 1 is 1.00 bits per heavy atom. The third-order valence-electron chi connectivity index (χ3n) is 0. The van der Waals surface area contributed by atoms with Gasteiger partial charge in [-0.25, -0.2) is 4.57 Å². The average Bonchev–Trinajstić information content (AvgIpc) is 1.12. The normalized spacial score (nSPS) is 10.3. The van der Waals surface area contributed by atoms with Crippen LogP contribution in [0.15, 0.2) is 0 Å². The Morgan fingerprint density at radius 2 is 1.00 bits per heavy atom. The van der Waals surface area contributed by atoms with Crippen molar-refractivity contribution >= 4 is 7.82 Å². The van der Waals surface area contributed by atoms with Gasteiger partial charge < -0.3 is 14.7 Å². The maximum atomic E-state index is 8.88. The molecule has 0 saturated carbocycles. The molecule has 8 nitrogen and oxygen atoms in total. The van der Waals surface area contributed by atoms with E-state index in [1.165, 1.54) is 0 Å². The van der Waals surface area contributed by atoms with Gasteiger partial charge in [-0.05, 0) is 0 Å². The van der Waals surface area contributed by atoms with Crippen LogP contribution in [0.1, 0.15) is 0 Å². The fourth-order valence-electron chi connectivity index (χ4n) is 0. The molecule has 10 heteroatoms. The molecule has 0 saturated heterocycles. The second-order valence-electron chi connectivity index (χ2n) is 1.93. The van der Waals surface area contributed by atoms with Gasteiger partial charge in [0.25, 0.3) is 0 Å². The molecule has 0 aromatic heterocycles. The monoisotopic (exact) mass is 226 g/mol. The van der Waals surface area contributed by atoms with Crippen LogP contribution in [0.4, 0.5) is 0 Å². The summed E-state index contributed by atoms with van der Waals surface area (Å²) in [5.74, 6) is 0. The molecule has 0 spiro atoms. The first-order valence-corrected chi connectivity index (χ1v) is 10.8. The molecular formula is H11N4O4PZn. The SMILES string of the molecule is O=P(O)(O)O.[NH2][Zn]([NH2])([NH2])[NH2]. The average molecular weight is 227 g/mol. The van der Waals surface area contributed by atoms with E-state index in [4.69, 9.17) is 37.2 Å². The Hall–Kier alpha value is 0.573. The van der Waals surface area contributed by atoms with Crippen molar-refractivity contribution in [2.75, 3.05) is 0 Å². The molecule has 0 rings (SSSR count). The van der Waals surface area contributed by atoms with E-state index >= 15 is 0 Å². The van der Waals surface area contributed by atoms with E-state index < -0.39 is 23.6 Å². The minimum atomic E-state index is -4.64.